The first-order valence-corrected chi connectivity index (χ1v) is 14.3. The Bertz CT molecular complexity index is 999. The monoisotopic (exact) mass is 411 g/mol. The van der Waals surface area contributed by atoms with Crippen LogP contribution >= 0.6 is 0 Å². The average molecular weight is 412 g/mol. The number of nitrogens with zero attached hydrogens (tertiary/aromatic N) is 1. The van der Waals surface area contributed by atoms with E-state index in [1.807, 2.05) is 12.3 Å². The van der Waals surface area contributed by atoms with Crippen LogP contribution < -0.4 is 0 Å². The van der Waals surface area contributed by atoms with Crippen molar-refractivity contribution in [3.05, 3.63) is 107 Å². The van der Waals surface area contributed by atoms with E-state index in [1.165, 1.54) is 22.4 Å². The molecule has 30 heavy (non-hydrogen) atoms. The van der Waals surface area contributed by atoms with E-state index in [4.69, 9.17) is 9.41 Å². The van der Waals surface area contributed by atoms with Crippen molar-refractivity contribution in [2.24, 2.45) is 11.8 Å². The van der Waals surface area contributed by atoms with Crippen molar-refractivity contribution in [1.29, 1.82) is 0 Å². The van der Waals surface area contributed by atoms with Gasteiger partial charge in [-0.05, 0) is 67.6 Å². The maximum atomic E-state index is 6.66. The SMILES string of the molecule is C[Si](C)(C)OC(=C1C[C@@H]2[C@H](C1)C2(c1ccccc1)c1ccccn1)c1ccccc1. The summed E-state index contributed by atoms with van der Waals surface area (Å²) in [5.41, 5.74) is 5.38. The molecule has 0 radical (unpaired) electrons. The van der Waals surface area contributed by atoms with Crippen molar-refractivity contribution in [1.82, 2.24) is 4.98 Å². The van der Waals surface area contributed by atoms with Crippen LogP contribution in [-0.4, -0.2) is 13.3 Å². The van der Waals surface area contributed by atoms with Gasteiger partial charge >= 0.3 is 0 Å². The number of rotatable bonds is 5. The van der Waals surface area contributed by atoms with Crippen LogP contribution in [0.5, 0.6) is 0 Å². The first-order chi connectivity index (χ1) is 14.5. The summed E-state index contributed by atoms with van der Waals surface area (Å²) < 4.78 is 6.66. The normalized spacial score (nSPS) is 26.8. The molecule has 0 saturated heterocycles. The first kappa shape index (κ1) is 19.3. The lowest BCUT2D eigenvalue weighted by atomic mass is 9.82. The van der Waals surface area contributed by atoms with E-state index in [-0.39, 0.29) is 5.41 Å². The third-order valence-corrected chi connectivity index (χ3v) is 7.40. The average Bonchev–Trinajstić information content (AvgIpc) is 3.16. The van der Waals surface area contributed by atoms with Gasteiger partial charge < -0.3 is 4.43 Å². The second kappa shape index (κ2) is 7.24. The Morgan fingerprint density at radius 1 is 0.833 bits per heavy atom. The van der Waals surface area contributed by atoms with E-state index in [0.717, 1.165) is 18.6 Å². The Labute approximate surface area is 180 Å². The van der Waals surface area contributed by atoms with Crippen LogP contribution in [0.4, 0.5) is 0 Å². The number of fused-ring (bicyclic) bond motifs is 1. The van der Waals surface area contributed by atoms with Gasteiger partial charge in [0.1, 0.15) is 5.76 Å². The number of hydrogen-bond acceptors (Lipinski definition) is 2. The van der Waals surface area contributed by atoms with Gasteiger partial charge in [0.2, 0.25) is 8.32 Å². The van der Waals surface area contributed by atoms with E-state index >= 15 is 0 Å². The molecule has 2 nitrogen and oxygen atoms in total. The Morgan fingerprint density at radius 2 is 1.43 bits per heavy atom. The Hall–Kier alpha value is -2.65. The standard InChI is InChI=1S/C27H29NOSi/c1-30(2,3)29-26(20-12-6-4-7-13-20)21-18-23-24(19-21)27(23,22-14-8-5-9-15-22)25-16-10-11-17-28-25/h4-17,23-24H,18-19H2,1-3H3/t23-,24+,27?. The van der Waals surface area contributed by atoms with Gasteiger partial charge in [-0.3, -0.25) is 4.98 Å². The van der Waals surface area contributed by atoms with Gasteiger partial charge in [-0.25, -0.2) is 0 Å². The number of pyridine rings is 1. The zero-order valence-electron chi connectivity index (χ0n) is 18.0. The summed E-state index contributed by atoms with van der Waals surface area (Å²) in [6.45, 7) is 6.82. The third kappa shape index (κ3) is 3.22. The number of hydrogen-bond donors (Lipinski definition) is 0. The van der Waals surface area contributed by atoms with Crippen LogP contribution in [0.15, 0.2) is 90.6 Å². The summed E-state index contributed by atoms with van der Waals surface area (Å²) in [5.74, 6) is 2.33. The molecule has 0 amide bonds. The van der Waals surface area contributed by atoms with Crippen molar-refractivity contribution >= 4 is 14.1 Å². The molecule has 1 aromatic heterocycles. The van der Waals surface area contributed by atoms with Crippen LogP contribution in [0.25, 0.3) is 5.76 Å². The highest BCUT2D eigenvalue weighted by Gasteiger charge is 2.69. The lowest BCUT2D eigenvalue weighted by molar-refractivity contribution is 0.500. The second-order valence-electron chi connectivity index (χ2n) is 9.58. The van der Waals surface area contributed by atoms with Crippen LogP contribution in [0.1, 0.15) is 29.7 Å². The Balaban J connectivity index is 1.55. The zero-order chi connectivity index (χ0) is 20.8. The van der Waals surface area contributed by atoms with Crippen LogP contribution in [0.2, 0.25) is 19.6 Å². The topological polar surface area (TPSA) is 22.1 Å². The molecule has 3 heteroatoms. The predicted octanol–water partition coefficient (Wildman–Crippen LogP) is 6.67. The first-order valence-electron chi connectivity index (χ1n) is 10.9. The maximum absolute atomic E-state index is 6.66. The summed E-state index contributed by atoms with van der Waals surface area (Å²) >= 11 is 0. The molecule has 3 atom stereocenters. The van der Waals surface area contributed by atoms with Crippen molar-refractivity contribution in [3.63, 3.8) is 0 Å². The number of benzene rings is 2. The molecule has 5 rings (SSSR count). The van der Waals surface area contributed by atoms with Gasteiger partial charge in [-0.2, -0.15) is 0 Å². The fraction of sp³-hybridized carbons (Fsp3) is 0.296. The smallest absolute Gasteiger partial charge is 0.242 e. The van der Waals surface area contributed by atoms with Crippen molar-refractivity contribution in [2.75, 3.05) is 0 Å². The van der Waals surface area contributed by atoms with Crippen LogP contribution in [-0.2, 0) is 9.84 Å². The molecule has 152 valence electrons. The molecule has 0 aliphatic heterocycles. The van der Waals surface area contributed by atoms with Gasteiger partial charge in [0.15, 0.2) is 0 Å². The van der Waals surface area contributed by atoms with Crippen molar-refractivity contribution in [3.8, 4) is 0 Å². The van der Waals surface area contributed by atoms with Gasteiger partial charge in [0, 0.05) is 17.2 Å². The van der Waals surface area contributed by atoms with Crippen LogP contribution in [0, 0.1) is 11.8 Å². The molecular weight excluding hydrogens is 382 g/mol. The summed E-state index contributed by atoms with van der Waals surface area (Å²) in [4.78, 5) is 4.82. The van der Waals surface area contributed by atoms with E-state index in [0.29, 0.717) is 11.8 Å². The largest absolute Gasteiger partial charge is 0.544 e. The van der Waals surface area contributed by atoms with Crippen molar-refractivity contribution < 1.29 is 4.43 Å². The highest BCUT2D eigenvalue weighted by atomic mass is 28.4. The predicted molar refractivity (Wildman–Crippen MR) is 125 cm³/mol. The zero-order valence-corrected chi connectivity index (χ0v) is 19.0. The molecule has 0 bridgehead atoms. The minimum Gasteiger partial charge on any atom is -0.544 e. The van der Waals surface area contributed by atoms with Gasteiger partial charge in [-0.15, -0.1) is 0 Å². The van der Waals surface area contributed by atoms with Gasteiger partial charge in [-0.1, -0.05) is 66.7 Å². The van der Waals surface area contributed by atoms with Crippen LogP contribution in [0.3, 0.4) is 0 Å². The molecule has 2 aliphatic carbocycles. The highest BCUT2D eigenvalue weighted by Crippen LogP contribution is 2.72. The van der Waals surface area contributed by atoms with E-state index in [1.54, 1.807) is 0 Å². The van der Waals surface area contributed by atoms with Gasteiger partial charge in [0.05, 0.1) is 5.69 Å². The van der Waals surface area contributed by atoms with E-state index < -0.39 is 8.32 Å². The second-order valence-corrected chi connectivity index (χ2v) is 14.0. The lowest BCUT2D eigenvalue weighted by Crippen LogP contribution is -2.25. The third-order valence-electron chi connectivity index (χ3n) is 6.58. The Morgan fingerprint density at radius 3 is 2.00 bits per heavy atom. The molecule has 1 unspecified atom stereocenters. The minimum absolute atomic E-state index is 0.0486. The molecule has 2 aromatic carbocycles. The summed E-state index contributed by atoms with van der Waals surface area (Å²) in [5, 5.41) is 0. The molecule has 2 fully saturated rings. The molecular formula is C27H29NOSi. The van der Waals surface area contributed by atoms with E-state index in [9.17, 15) is 0 Å². The Kier molecular flexibility index (Phi) is 4.66. The lowest BCUT2D eigenvalue weighted by Gasteiger charge is -2.27. The molecule has 0 spiro atoms. The van der Waals surface area contributed by atoms with E-state index in [2.05, 4.69) is 92.4 Å². The molecule has 1 heterocycles. The molecule has 2 aliphatic rings. The summed E-state index contributed by atoms with van der Waals surface area (Å²) in [6, 6.07) is 28.0. The fourth-order valence-electron chi connectivity index (χ4n) is 5.45. The van der Waals surface area contributed by atoms with Crippen molar-refractivity contribution in [2.45, 2.75) is 37.9 Å². The molecule has 2 saturated carbocycles. The number of aromatic nitrogens is 1. The number of allylic oxidation sites excluding steroid dienone is 1. The maximum Gasteiger partial charge on any atom is 0.242 e. The minimum atomic E-state index is -1.71. The fourth-order valence-corrected chi connectivity index (χ4v) is 6.33. The quantitative estimate of drug-likeness (QED) is 0.345. The molecule has 0 N–H and O–H groups in total. The molecule has 3 aromatic rings. The van der Waals surface area contributed by atoms with Gasteiger partial charge in [0.25, 0.3) is 0 Å². The summed E-state index contributed by atoms with van der Waals surface area (Å²) in [6.07, 6.45) is 4.12. The summed E-state index contributed by atoms with van der Waals surface area (Å²) in [7, 11) is -1.71. The highest BCUT2D eigenvalue weighted by molar-refractivity contribution is 6.70.